The van der Waals surface area contributed by atoms with Crippen molar-refractivity contribution in [2.24, 2.45) is 0 Å². The van der Waals surface area contributed by atoms with Crippen molar-refractivity contribution >= 4 is 16.8 Å². The van der Waals surface area contributed by atoms with E-state index in [-0.39, 0.29) is 12.0 Å². The number of amides is 1. The van der Waals surface area contributed by atoms with Crippen LogP contribution >= 0.6 is 0 Å². The van der Waals surface area contributed by atoms with Crippen molar-refractivity contribution in [2.75, 3.05) is 32.8 Å². The third-order valence-electron chi connectivity index (χ3n) is 4.08. The van der Waals surface area contributed by atoms with Gasteiger partial charge in [0.2, 0.25) is 5.91 Å². The maximum absolute atomic E-state index is 12.0. The Hall–Kier alpha value is -1.85. The van der Waals surface area contributed by atoms with Crippen LogP contribution in [-0.4, -0.2) is 54.7 Å². The Morgan fingerprint density at radius 2 is 2.32 bits per heavy atom. The Kier molecular flexibility index (Phi) is 4.75. The SMILES string of the molecule is C[C@H]1CN(CC(=O)NCCc2c[nH]c3ccccc23)CCO1. The summed E-state index contributed by atoms with van der Waals surface area (Å²) in [6.45, 7) is 5.54. The molecular weight excluding hydrogens is 278 g/mol. The molecular formula is C17H23N3O2. The van der Waals surface area contributed by atoms with E-state index in [4.69, 9.17) is 4.74 Å². The zero-order chi connectivity index (χ0) is 15.4. The van der Waals surface area contributed by atoms with Crippen LogP contribution in [0.2, 0.25) is 0 Å². The first-order valence-electron chi connectivity index (χ1n) is 7.88. The average molecular weight is 301 g/mol. The van der Waals surface area contributed by atoms with Gasteiger partial charge in [0.1, 0.15) is 0 Å². The van der Waals surface area contributed by atoms with Crippen LogP contribution in [0.25, 0.3) is 10.9 Å². The second-order valence-electron chi connectivity index (χ2n) is 5.88. The molecule has 118 valence electrons. The highest BCUT2D eigenvalue weighted by Gasteiger charge is 2.18. The molecule has 22 heavy (non-hydrogen) atoms. The highest BCUT2D eigenvalue weighted by atomic mass is 16.5. The number of carbonyl (C=O) groups excluding carboxylic acids is 1. The fraction of sp³-hybridized carbons (Fsp3) is 0.471. The van der Waals surface area contributed by atoms with Crippen molar-refractivity contribution in [1.29, 1.82) is 0 Å². The van der Waals surface area contributed by atoms with Crippen LogP contribution in [0.3, 0.4) is 0 Å². The molecule has 3 rings (SSSR count). The van der Waals surface area contributed by atoms with Crippen LogP contribution in [0, 0.1) is 0 Å². The lowest BCUT2D eigenvalue weighted by atomic mass is 10.1. The molecule has 2 N–H and O–H groups in total. The van der Waals surface area contributed by atoms with Crippen LogP contribution in [0.1, 0.15) is 12.5 Å². The molecule has 1 aromatic heterocycles. The van der Waals surface area contributed by atoms with Crippen LogP contribution < -0.4 is 5.32 Å². The van der Waals surface area contributed by atoms with Gasteiger partial charge in [-0.05, 0) is 25.0 Å². The molecule has 1 saturated heterocycles. The third kappa shape index (κ3) is 3.67. The number of aromatic amines is 1. The van der Waals surface area contributed by atoms with Gasteiger partial charge in [-0.25, -0.2) is 0 Å². The molecule has 1 aromatic carbocycles. The number of nitrogens with zero attached hydrogens (tertiary/aromatic N) is 1. The van der Waals surface area contributed by atoms with E-state index in [2.05, 4.69) is 27.3 Å². The first kappa shape index (κ1) is 15.1. The summed E-state index contributed by atoms with van der Waals surface area (Å²) in [4.78, 5) is 17.4. The predicted octanol–water partition coefficient (Wildman–Crippen LogP) is 1.55. The summed E-state index contributed by atoms with van der Waals surface area (Å²) >= 11 is 0. The minimum atomic E-state index is 0.0916. The third-order valence-corrected chi connectivity index (χ3v) is 4.08. The molecule has 2 heterocycles. The molecule has 0 unspecified atom stereocenters. The summed E-state index contributed by atoms with van der Waals surface area (Å²) in [5.41, 5.74) is 2.39. The van der Waals surface area contributed by atoms with Gasteiger partial charge in [-0.1, -0.05) is 18.2 Å². The number of fused-ring (bicyclic) bond motifs is 1. The van der Waals surface area contributed by atoms with Gasteiger partial charge in [0, 0.05) is 36.7 Å². The summed E-state index contributed by atoms with van der Waals surface area (Å²) in [6, 6.07) is 8.24. The van der Waals surface area contributed by atoms with Crippen molar-refractivity contribution in [2.45, 2.75) is 19.4 Å². The van der Waals surface area contributed by atoms with Crippen LogP contribution in [0.5, 0.6) is 0 Å². The standard InChI is InChI=1S/C17H23N3O2/c1-13-11-20(8-9-22-13)12-17(21)18-7-6-14-10-19-16-5-3-2-4-15(14)16/h2-5,10,13,19H,6-9,11-12H2,1H3,(H,18,21)/t13-/m0/s1. The first-order chi connectivity index (χ1) is 10.7. The maximum atomic E-state index is 12.0. The molecule has 0 saturated carbocycles. The molecule has 0 aliphatic carbocycles. The maximum Gasteiger partial charge on any atom is 0.234 e. The van der Waals surface area contributed by atoms with Gasteiger partial charge in [-0.2, -0.15) is 0 Å². The number of ether oxygens (including phenoxy) is 1. The minimum Gasteiger partial charge on any atom is -0.376 e. The summed E-state index contributed by atoms with van der Waals surface area (Å²) in [6.07, 6.45) is 3.09. The van der Waals surface area contributed by atoms with Gasteiger partial charge in [0.15, 0.2) is 0 Å². The molecule has 0 bridgehead atoms. The number of para-hydroxylation sites is 1. The topological polar surface area (TPSA) is 57.4 Å². The molecule has 1 fully saturated rings. The molecule has 5 nitrogen and oxygen atoms in total. The Labute approximate surface area is 130 Å². The van der Waals surface area contributed by atoms with E-state index in [1.807, 2.05) is 25.3 Å². The van der Waals surface area contributed by atoms with Crippen LogP contribution in [0.15, 0.2) is 30.5 Å². The number of hydrogen-bond donors (Lipinski definition) is 2. The molecule has 1 aliphatic heterocycles. The number of nitrogens with one attached hydrogen (secondary N) is 2. The molecule has 5 heteroatoms. The Balaban J connectivity index is 1.45. The second-order valence-corrected chi connectivity index (χ2v) is 5.88. The minimum absolute atomic E-state index is 0.0916. The largest absolute Gasteiger partial charge is 0.376 e. The Morgan fingerprint density at radius 1 is 1.45 bits per heavy atom. The van der Waals surface area contributed by atoms with Crippen molar-refractivity contribution in [3.63, 3.8) is 0 Å². The summed E-state index contributed by atoms with van der Waals surface area (Å²) in [5, 5.41) is 4.25. The fourth-order valence-corrected chi connectivity index (χ4v) is 2.97. The highest BCUT2D eigenvalue weighted by molar-refractivity contribution is 5.83. The molecule has 1 amide bonds. The second kappa shape index (κ2) is 6.94. The first-order valence-corrected chi connectivity index (χ1v) is 7.88. The lowest BCUT2D eigenvalue weighted by Gasteiger charge is -2.30. The molecule has 2 aromatic rings. The number of rotatable bonds is 5. The van der Waals surface area contributed by atoms with Crippen molar-refractivity contribution in [3.05, 3.63) is 36.0 Å². The van der Waals surface area contributed by atoms with E-state index >= 15 is 0 Å². The number of hydrogen-bond acceptors (Lipinski definition) is 3. The van der Waals surface area contributed by atoms with Gasteiger partial charge in [-0.15, -0.1) is 0 Å². The normalized spacial score (nSPS) is 19.4. The Bertz CT molecular complexity index is 638. The number of morpholine rings is 1. The van der Waals surface area contributed by atoms with Gasteiger partial charge >= 0.3 is 0 Å². The van der Waals surface area contributed by atoms with Gasteiger partial charge in [0.05, 0.1) is 19.3 Å². The monoisotopic (exact) mass is 301 g/mol. The molecule has 0 spiro atoms. The average Bonchev–Trinajstić information content (AvgIpc) is 2.91. The number of H-pyrrole nitrogens is 1. The summed E-state index contributed by atoms with van der Waals surface area (Å²) in [5.74, 6) is 0.0916. The van der Waals surface area contributed by atoms with Gasteiger partial charge < -0.3 is 15.0 Å². The van der Waals surface area contributed by atoms with Crippen molar-refractivity contribution in [1.82, 2.24) is 15.2 Å². The molecule has 1 aliphatic rings. The van der Waals surface area contributed by atoms with Gasteiger partial charge in [0.25, 0.3) is 0 Å². The zero-order valence-corrected chi connectivity index (χ0v) is 13.0. The van der Waals surface area contributed by atoms with E-state index in [0.29, 0.717) is 19.7 Å². The lowest BCUT2D eigenvalue weighted by Crippen LogP contribution is -2.46. The zero-order valence-electron chi connectivity index (χ0n) is 13.0. The Morgan fingerprint density at radius 3 is 3.18 bits per heavy atom. The van der Waals surface area contributed by atoms with Crippen molar-refractivity contribution < 1.29 is 9.53 Å². The summed E-state index contributed by atoms with van der Waals surface area (Å²) < 4.78 is 5.48. The molecule has 1 atom stereocenters. The van der Waals surface area contributed by atoms with E-state index in [0.717, 1.165) is 25.0 Å². The summed E-state index contributed by atoms with van der Waals surface area (Å²) in [7, 11) is 0. The highest BCUT2D eigenvalue weighted by Crippen LogP contribution is 2.17. The lowest BCUT2D eigenvalue weighted by molar-refractivity contribution is -0.124. The van der Waals surface area contributed by atoms with E-state index in [1.165, 1.54) is 10.9 Å². The number of benzene rings is 1. The quantitative estimate of drug-likeness (QED) is 0.881. The number of carbonyl (C=O) groups is 1. The van der Waals surface area contributed by atoms with Crippen LogP contribution in [0.4, 0.5) is 0 Å². The van der Waals surface area contributed by atoms with E-state index in [9.17, 15) is 4.79 Å². The van der Waals surface area contributed by atoms with Crippen molar-refractivity contribution in [3.8, 4) is 0 Å². The number of aromatic nitrogens is 1. The van der Waals surface area contributed by atoms with E-state index < -0.39 is 0 Å². The smallest absolute Gasteiger partial charge is 0.234 e. The van der Waals surface area contributed by atoms with Crippen LogP contribution in [-0.2, 0) is 16.0 Å². The van der Waals surface area contributed by atoms with Gasteiger partial charge in [-0.3, -0.25) is 9.69 Å². The molecule has 0 radical (unpaired) electrons. The fourth-order valence-electron chi connectivity index (χ4n) is 2.97. The van der Waals surface area contributed by atoms with E-state index in [1.54, 1.807) is 0 Å². The predicted molar refractivity (Wildman–Crippen MR) is 86.9 cm³/mol.